The Labute approximate surface area is 217 Å². The van der Waals surface area contributed by atoms with E-state index in [1.54, 1.807) is 18.3 Å². The van der Waals surface area contributed by atoms with Crippen molar-refractivity contribution < 1.29 is 29.3 Å². The number of aliphatic hydroxyl groups excluding tert-OH is 2. The molecule has 6 atom stereocenters. The van der Waals surface area contributed by atoms with E-state index in [1.807, 2.05) is 38.3 Å². The van der Waals surface area contributed by atoms with Gasteiger partial charge in [-0.05, 0) is 70.6 Å². The Kier molecular flexibility index (Phi) is 7.91. The van der Waals surface area contributed by atoms with Gasteiger partial charge in [0, 0.05) is 17.7 Å². The number of carbonyl (C=O) groups excluding carboxylic acids is 2. The van der Waals surface area contributed by atoms with Gasteiger partial charge in [0.15, 0.2) is 0 Å². The second kappa shape index (κ2) is 10.5. The molecular weight excluding hydrogens is 478 g/mol. The van der Waals surface area contributed by atoms with E-state index in [-0.39, 0.29) is 23.9 Å². The zero-order chi connectivity index (χ0) is 26.3. The summed E-state index contributed by atoms with van der Waals surface area (Å²) in [5.41, 5.74) is 1.10. The summed E-state index contributed by atoms with van der Waals surface area (Å²) >= 11 is 1.56. The number of hydrogen-bond acceptors (Lipinski definition) is 8. The smallest absolute Gasteiger partial charge is 0.309 e. The summed E-state index contributed by atoms with van der Waals surface area (Å²) in [6, 6.07) is 0. The number of cyclic esters (lactones) is 1. The highest BCUT2D eigenvalue weighted by molar-refractivity contribution is 7.09. The van der Waals surface area contributed by atoms with Gasteiger partial charge in [-0.1, -0.05) is 19.4 Å². The van der Waals surface area contributed by atoms with Crippen LogP contribution in [0.5, 0.6) is 0 Å². The van der Waals surface area contributed by atoms with Crippen LogP contribution in [0.2, 0.25) is 0 Å². The number of thiazole rings is 1. The van der Waals surface area contributed by atoms with Gasteiger partial charge in [0.25, 0.3) is 0 Å². The normalized spacial score (nSPS) is 37.5. The predicted molar refractivity (Wildman–Crippen MR) is 138 cm³/mol. The lowest BCUT2D eigenvalue weighted by atomic mass is 9.59. The Morgan fingerprint density at radius 2 is 1.94 bits per heavy atom. The molecule has 0 radical (unpaired) electrons. The van der Waals surface area contributed by atoms with Gasteiger partial charge < -0.3 is 19.7 Å². The first-order valence-corrected chi connectivity index (χ1v) is 13.9. The van der Waals surface area contributed by atoms with Crippen LogP contribution in [0, 0.1) is 18.3 Å². The van der Waals surface area contributed by atoms with Crippen LogP contribution in [0.1, 0.15) is 83.3 Å². The molecule has 4 rings (SSSR count). The van der Waals surface area contributed by atoms with Crippen molar-refractivity contribution in [2.75, 3.05) is 0 Å². The number of ether oxygens (including phenoxy) is 2. The molecule has 2 N–H and O–H groups in total. The summed E-state index contributed by atoms with van der Waals surface area (Å²) in [6.07, 6.45) is 4.84. The van der Waals surface area contributed by atoms with Gasteiger partial charge in [0.2, 0.25) is 0 Å². The Hall–Kier alpha value is -1.87. The third kappa shape index (κ3) is 5.52. The molecule has 0 amide bonds. The first-order valence-electron chi connectivity index (χ1n) is 13.0. The van der Waals surface area contributed by atoms with Crippen LogP contribution in [-0.4, -0.2) is 57.0 Å². The van der Waals surface area contributed by atoms with Crippen molar-refractivity contribution in [2.45, 2.75) is 110 Å². The van der Waals surface area contributed by atoms with Crippen molar-refractivity contribution >= 4 is 29.2 Å². The van der Waals surface area contributed by atoms with E-state index in [0.29, 0.717) is 25.7 Å². The molecule has 1 saturated carbocycles. The van der Waals surface area contributed by atoms with E-state index in [4.69, 9.17) is 9.47 Å². The summed E-state index contributed by atoms with van der Waals surface area (Å²) in [5.74, 6) is -1.38. The van der Waals surface area contributed by atoms with Crippen molar-refractivity contribution in [3.8, 4) is 0 Å². The minimum Gasteiger partial charge on any atom is -0.458 e. The molecule has 1 aromatic heterocycles. The number of epoxide rings is 1. The summed E-state index contributed by atoms with van der Waals surface area (Å²) in [7, 11) is 0. The van der Waals surface area contributed by atoms with Crippen LogP contribution in [0.4, 0.5) is 0 Å². The molecule has 36 heavy (non-hydrogen) atoms. The lowest BCUT2D eigenvalue weighted by molar-refractivity contribution is -0.160. The summed E-state index contributed by atoms with van der Waals surface area (Å²) in [4.78, 5) is 31.0. The number of esters is 1. The number of aryl methyl sites for hydroxylation is 1. The topological polar surface area (TPSA) is 109 Å². The number of carbonyl (C=O) groups is 2. The average molecular weight is 518 g/mol. The van der Waals surface area contributed by atoms with Gasteiger partial charge in [0.1, 0.15) is 11.9 Å². The van der Waals surface area contributed by atoms with Crippen LogP contribution in [0.25, 0.3) is 6.08 Å². The number of aromatic nitrogens is 1. The van der Waals surface area contributed by atoms with Gasteiger partial charge in [-0.15, -0.1) is 11.3 Å². The Morgan fingerprint density at radius 1 is 1.22 bits per heavy atom. The Bertz CT molecular complexity index is 1060. The van der Waals surface area contributed by atoms with Gasteiger partial charge in [-0.3, -0.25) is 9.59 Å². The van der Waals surface area contributed by atoms with Crippen molar-refractivity contribution in [3.63, 3.8) is 0 Å². The average Bonchev–Trinajstić information content (AvgIpc) is 3.22. The first-order chi connectivity index (χ1) is 16.9. The molecule has 1 saturated heterocycles. The van der Waals surface area contributed by atoms with E-state index in [1.165, 1.54) is 0 Å². The summed E-state index contributed by atoms with van der Waals surface area (Å²) in [5, 5.41) is 24.9. The van der Waals surface area contributed by atoms with Gasteiger partial charge in [-0.2, -0.15) is 0 Å². The van der Waals surface area contributed by atoms with Crippen molar-refractivity contribution in [1.82, 2.24) is 4.98 Å². The number of nitrogens with zero attached hydrogens (tertiary/aromatic N) is 1. The lowest BCUT2D eigenvalue weighted by Gasteiger charge is -2.45. The van der Waals surface area contributed by atoms with Crippen LogP contribution in [0.15, 0.2) is 22.6 Å². The highest BCUT2D eigenvalue weighted by Gasteiger charge is 2.54. The molecule has 3 aliphatic rings. The minimum atomic E-state index is -1.15. The molecule has 2 aliphatic heterocycles. The maximum Gasteiger partial charge on any atom is 0.309 e. The number of hydrogen-bond donors (Lipinski definition) is 2. The van der Waals surface area contributed by atoms with E-state index in [2.05, 4.69) is 11.9 Å². The fourth-order valence-corrected chi connectivity index (χ4v) is 6.23. The van der Waals surface area contributed by atoms with E-state index < -0.39 is 35.6 Å². The number of allylic oxidation sites excluding steroid dienone is 1. The van der Waals surface area contributed by atoms with E-state index in [9.17, 15) is 19.8 Å². The highest BCUT2D eigenvalue weighted by Crippen LogP contribution is 2.49. The molecule has 1 spiro atoms. The highest BCUT2D eigenvalue weighted by atomic mass is 32.1. The number of aliphatic hydroxyl groups is 2. The fourth-order valence-electron chi connectivity index (χ4n) is 5.66. The van der Waals surface area contributed by atoms with Gasteiger partial charge in [-0.25, -0.2) is 4.98 Å². The fraction of sp³-hybridized carbons (Fsp3) is 0.679. The monoisotopic (exact) mass is 517 g/mol. The van der Waals surface area contributed by atoms with Crippen molar-refractivity contribution in [3.05, 3.63) is 33.3 Å². The minimum absolute atomic E-state index is 0.0641. The third-order valence-corrected chi connectivity index (χ3v) is 9.24. The molecule has 0 bridgehead atoms. The summed E-state index contributed by atoms with van der Waals surface area (Å²) in [6.45, 7) is 9.48. The maximum absolute atomic E-state index is 13.5. The van der Waals surface area contributed by atoms with Crippen LogP contribution >= 0.6 is 11.3 Å². The van der Waals surface area contributed by atoms with Gasteiger partial charge >= 0.3 is 5.97 Å². The van der Waals surface area contributed by atoms with E-state index in [0.717, 1.165) is 34.7 Å². The molecule has 0 unspecified atom stereocenters. The van der Waals surface area contributed by atoms with Crippen molar-refractivity contribution in [2.24, 2.45) is 11.3 Å². The molecule has 0 aromatic carbocycles. The van der Waals surface area contributed by atoms with Crippen LogP contribution in [0.3, 0.4) is 0 Å². The Balaban J connectivity index is 1.61. The molecular formula is C28H39NO6S. The molecule has 198 valence electrons. The van der Waals surface area contributed by atoms with Crippen molar-refractivity contribution in [1.29, 1.82) is 0 Å². The lowest BCUT2D eigenvalue weighted by Crippen LogP contribution is -2.52. The largest absolute Gasteiger partial charge is 0.458 e. The second-order valence-corrected chi connectivity index (χ2v) is 12.2. The maximum atomic E-state index is 13.5. The summed E-state index contributed by atoms with van der Waals surface area (Å²) < 4.78 is 12.0. The standard InChI is InChI=1S/C28H39NO6S/c1-16-8-6-9-27(5)23(35-27)13-21(17(2)12-20-15-36-19(4)29-20)34-24(31)14-22(30)28(10-7-11-28)26(33)18(3)25(16)32/h8,12,15,18,21-23,25,30,32H,6-7,9-11,13-14H2,1-5H3/b16-8+,17-12?/t18-,21+,22+,23-,25+,27-/m1/s1. The molecule has 7 nitrogen and oxygen atoms in total. The quantitative estimate of drug-likeness (QED) is 0.337. The van der Waals surface area contributed by atoms with Crippen LogP contribution in [-0.2, 0) is 19.1 Å². The Morgan fingerprint density at radius 3 is 2.56 bits per heavy atom. The second-order valence-electron chi connectivity index (χ2n) is 11.1. The molecule has 8 heteroatoms. The number of Topliss-reactive ketones (excluding diaryl/α,β-unsaturated/α-hetero) is 1. The zero-order valence-corrected chi connectivity index (χ0v) is 22.8. The van der Waals surface area contributed by atoms with Gasteiger partial charge in [0.05, 0.1) is 46.5 Å². The molecule has 1 aliphatic carbocycles. The number of rotatable bonds is 2. The SMILES string of the molecule is CC(=Cc1csc(C)n1)[C@@H]1C[C@H]2O[C@]2(C)CC/C=C(\C)[C@H](O)[C@@H](C)C(=O)C2(CCC2)[C@@H](O)CC(=O)O1. The van der Waals surface area contributed by atoms with E-state index >= 15 is 0 Å². The molecule has 3 heterocycles. The number of ketones is 1. The molecule has 1 aromatic rings. The predicted octanol–water partition coefficient (Wildman–Crippen LogP) is 4.54. The molecule has 2 fully saturated rings. The first kappa shape index (κ1) is 27.2. The number of fused-ring (bicyclic) bond motifs is 1. The van der Waals surface area contributed by atoms with Crippen LogP contribution < -0.4 is 0 Å². The third-order valence-electron chi connectivity index (χ3n) is 8.45. The zero-order valence-electron chi connectivity index (χ0n) is 22.0.